The number of rotatable bonds is 5. The molecule has 0 aromatic heterocycles. The van der Waals surface area contributed by atoms with Gasteiger partial charge in [-0.05, 0) is 37.1 Å². The lowest BCUT2D eigenvalue weighted by Gasteiger charge is -2.18. The van der Waals surface area contributed by atoms with E-state index in [-0.39, 0.29) is 17.6 Å². The molecule has 1 unspecified atom stereocenters. The van der Waals surface area contributed by atoms with Gasteiger partial charge in [0.15, 0.2) is 0 Å². The molecule has 0 radical (unpaired) electrons. The fourth-order valence-electron chi connectivity index (χ4n) is 2.39. The lowest BCUT2D eigenvalue weighted by Crippen LogP contribution is -2.28. The molecule has 23 heavy (non-hydrogen) atoms. The van der Waals surface area contributed by atoms with Crippen molar-refractivity contribution in [3.05, 3.63) is 65.2 Å². The molecule has 0 spiro atoms. The van der Waals surface area contributed by atoms with Gasteiger partial charge in [0, 0.05) is 0 Å². The number of amides is 1. The number of nitrogens with one attached hydrogen (secondary N) is 2. The van der Waals surface area contributed by atoms with Gasteiger partial charge in [-0.3, -0.25) is 9.52 Å². The van der Waals surface area contributed by atoms with Crippen LogP contribution in [0.3, 0.4) is 0 Å². The first kappa shape index (κ1) is 17.0. The van der Waals surface area contributed by atoms with Gasteiger partial charge in [0.25, 0.3) is 5.91 Å². The van der Waals surface area contributed by atoms with E-state index in [9.17, 15) is 13.2 Å². The molecule has 2 aromatic rings. The highest BCUT2D eigenvalue weighted by Gasteiger charge is 2.17. The van der Waals surface area contributed by atoms with E-state index >= 15 is 0 Å². The first-order valence-electron chi connectivity index (χ1n) is 7.21. The van der Waals surface area contributed by atoms with Gasteiger partial charge in [0.2, 0.25) is 10.0 Å². The van der Waals surface area contributed by atoms with E-state index in [1.165, 1.54) is 0 Å². The summed E-state index contributed by atoms with van der Waals surface area (Å²) in [5.41, 5.74) is 2.67. The van der Waals surface area contributed by atoms with Crippen LogP contribution < -0.4 is 10.0 Å². The standard InChI is InChI=1S/C17H20N2O3S/c1-12-8-4-5-9-14(12)13(2)18-17(20)15-10-6-7-11-16(15)19-23(3,21)22/h4-11,13,19H,1-3H3,(H,18,20). The van der Waals surface area contributed by atoms with Gasteiger partial charge < -0.3 is 5.32 Å². The molecule has 0 saturated heterocycles. The van der Waals surface area contributed by atoms with Crippen molar-refractivity contribution >= 4 is 21.6 Å². The summed E-state index contributed by atoms with van der Waals surface area (Å²) in [6.07, 6.45) is 1.05. The summed E-state index contributed by atoms with van der Waals surface area (Å²) in [5, 5.41) is 2.91. The maximum Gasteiger partial charge on any atom is 0.253 e. The highest BCUT2D eigenvalue weighted by atomic mass is 32.2. The number of hydrogen-bond donors (Lipinski definition) is 2. The molecule has 1 atom stereocenters. The molecule has 0 bridgehead atoms. The minimum atomic E-state index is -3.45. The number of para-hydroxylation sites is 1. The summed E-state index contributed by atoms with van der Waals surface area (Å²) in [4.78, 5) is 12.5. The number of hydrogen-bond acceptors (Lipinski definition) is 3. The molecule has 2 aromatic carbocycles. The molecule has 0 saturated carbocycles. The number of anilines is 1. The Bertz CT molecular complexity index is 816. The molecule has 122 valence electrons. The number of aryl methyl sites for hydroxylation is 1. The van der Waals surface area contributed by atoms with E-state index in [0.717, 1.165) is 17.4 Å². The highest BCUT2D eigenvalue weighted by Crippen LogP contribution is 2.20. The molecule has 0 aliphatic rings. The third kappa shape index (κ3) is 4.56. The number of carbonyl (C=O) groups is 1. The second-order valence-corrected chi connectivity index (χ2v) is 7.22. The van der Waals surface area contributed by atoms with E-state index in [1.807, 2.05) is 38.1 Å². The van der Waals surface area contributed by atoms with Crippen LogP contribution in [0.4, 0.5) is 5.69 Å². The molecule has 0 aliphatic carbocycles. The van der Waals surface area contributed by atoms with Crippen LogP contribution in [0, 0.1) is 6.92 Å². The SMILES string of the molecule is Cc1ccccc1C(C)NC(=O)c1ccccc1NS(C)(=O)=O. The quantitative estimate of drug-likeness (QED) is 0.884. The van der Waals surface area contributed by atoms with E-state index in [2.05, 4.69) is 10.0 Å². The molecule has 0 heterocycles. The Hall–Kier alpha value is -2.34. The zero-order chi connectivity index (χ0) is 17.0. The number of benzene rings is 2. The van der Waals surface area contributed by atoms with Crippen molar-refractivity contribution in [3.63, 3.8) is 0 Å². The lowest BCUT2D eigenvalue weighted by atomic mass is 10.0. The fourth-order valence-corrected chi connectivity index (χ4v) is 2.97. The van der Waals surface area contributed by atoms with Crippen molar-refractivity contribution < 1.29 is 13.2 Å². The number of carbonyl (C=O) groups excluding carboxylic acids is 1. The Morgan fingerprint density at radius 1 is 1.04 bits per heavy atom. The Morgan fingerprint density at radius 2 is 1.65 bits per heavy atom. The van der Waals surface area contributed by atoms with Crippen LogP contribution in [-0.4, -0.2) is 20.6 Å². The Labute approximate surface area is 136 Å². The van der Waals surface area contributed by atoms with E-state index in [0.29, 0.717) is 5.56 Å². The van der Waals surface area contributed by atoms with Crippen LogP contribution in [0.2, 0.25) is 0 Å². The third-order valence-electron chi connectivity index (χ3n) is 3.47. The third-order valence-corrected chi connectivity index (χ3v) is 4.06. The summed E-state index contributed by atoms with van der Waals surface area (Å²) in [6.45, 7) is 3.88. The summed E-state index contributed by atoms with van der Waals surface area (Å²) >= 11 is 0. The average Bonchev–Trinajstić information content (AvgIpc) is 2.46. The van der Waals surface area contributed by atoms with Crippen molar-refractivity contribution in [2.75, 3.05) is 11.0 Å². The van der Waals surface area contributed by atoms with Crippen molar-refractivity contribution in [2.45, 2.75) is 19.9 Å². The topological polar surface area (TPSA) is 75.3 Å². The van der Waals surface area contributed by atoms with Crippen LogP contribution in [0.15, 0.2) is 48.5 Å². The molecule has 0 aliphatic heterocycles. The van der Waals surface area contributed by atoms with Gasteiger partial charge in [-0.2, -0.15) is 0 Å². The minimum Gasteiger partial charge on any atom is -0.345 e. The Kier molecular flexibility index (Phi) is 5.05. The second-order valence-electron chi connectivity index (χ2n) is 5.47. The molecular formula is C17H20N2O3S. The fraction of sp³-hybridized carbons (Fsp3) is 0.235. The Morgan fingerprint density at radius 3 is 2.30 bits per heavy atom. The van der Waals surface area contributed by atoms with Crippen molar-refractivity contribution in [1.29, 1.82) is 0 Å². The van der Waals surface area contributed by atoms with Gasteiger partial charge in [-0.1, -0.05) is 36.4 Å². The van der Waals surface area contributed by atoms with E-state index in [1.54, 1.807) is 24.3 Å². The predicted octanol–water partition coefficient (Wildman–Crippen LogP) is 2.86. The van der Waals surface area contributed by atoms with Gasteiger partial charge >= 0.3 is 0 Å². The first-order valence-corrected chi connectivity index (χ1v) is 9.10. The van der Waals surface area contributed by atoms with Crippen molar-refractivity contribution in [2.24, 2.45) is 0 Å². The largest absolute Gasteiger partial charge is 0.345 e. The molecule has 0 fully saturated rings. The molecular weight excluding hydrogens is 312 g/mol. The van der Waals surface area contributed by atoms with Gasteiger partial charge in [0.1, 0.15) is 0 Å². The maximum absolute atomic E-state index is 12.5. The first-order chi connectivity index (χ1) is 10.8. The summed E-state index contributed by atoms with van der Waals surface area (Å²) in [7, 11) is -3.45. The highest BCUT2D eigenvalue weighted by molar-refractivity contribution is 7.92. The zero-order valence-corrected chi connectivity index (χ0v) is 14.1. The minimum absolute atomic E-state index is 0.185. The van der Waals surface area contributed by atoms with Crippen LogP contribution in [0.1, 0.15) is 34.5 Å². The lowest BCUT2D eigenvalue weighted by molar-refractivity contribution is 0.0940. The van der Waals surface area contributed by atoms with Crippen LogP contribution in [0.5, 0.6) is 0 Å². The van der Waals surface area contributed by atoms with Crippen LogP contribution in [-0.2, 0) is 10.0 Å². The smallest absolute Gasteiger partial charge is 0.253 e. The molecule has 6 heteroatoms. The van der Waals surface area contributed by atoms with E-state index in [4.69, 9.17) is 0 Å². The van der Waals surface area contributed by atoms with Crippen LogP contribution >= 0.6 is 0 Å². The Balaban J connectivity index is 2.23. The average molecular weight is 332 g/mol. The zero-order valence-electron chi connectivity index (χ0n) is 13.3. The van der Waals surface area contributed by atoms with Crippen molar-refractivity contribution in [1.82, 2.24) is 5.32 Å². The molecule has 5 nitrogen and oxygen atoms in total. The van der Waals surface area contributed by atoms with Gasteiger partial charge in [-0.25, -0.2) is 8.42 Å². The summed E-state index contributed by atoms with van der Waals surface area (Å²) in [6, 6.07) is 14.1. The molecule has 2 N–H and O–H groups in total. The maximum atomic E-state index is 12.5. The molecule has 2 rings (SSSR count). The normalized spacial score (nSPS) is 12.5. The molecule has 1 amide bonds. The number of sulfonamides is 1. The predicted molar refractivity (Wildman–Crippen MR) is 92.0 cm³/mol. The summed E-state index contributed by atoms with van der Waals surface area (Å²) < 4.78 is 25.2. The van der Waals surface area contributed by atoms with Gasteiger partial charge in [-0.15, -0.1) is 0 Å². The van der Waals surface area contributed by atoms with Gasteiger partial charge in [0.05, 0.1) is 23.5 Å². The van der Waals surface area contributed by atoms with Crippen molar-refractivity contribution in [3.8, 4) is 0 Å². The van der Waals surface area contributed by atoms with Crippen LogP contribution in [0.25, 0.3) is 0 Å². The second kappa shape index (κ2) is 6.83. The van der Waals surface area contributed by atoms with E-state index < -0.39 is 10.0 Å². The monoisotopic (exact) mass is 332 g/mol. The summed E-state index contributed by atoms with van der Waals surface area (Å²) in [5.74, 6) is -0.326.